The van der Waals surface area contributed by atoms with E-state index in [1.54, 1.807) is 12.1 Å². The Kier molecular flexibility index (Phi) is 4.35. The molecule has 2 heterocycles. The summed E-state index contributed by atoms with van der Waals surface area (Å²) in [4.78, 5) is 19.1. The molecular weight excluding hydrogens is 264 g/mol. The second-order valence-corrected chi connectivity index (χ2v) is 4.58. The molecular formula is C13H12N2O3S. The van der Waals surface area contributed by atoms with Crippen LogP contribution in [0.3, 0.4) is 0 Å². The summed E-state index contributed by atoms with van der Waals surface area (Å²) in [6.07, 6.45) is 1.33. The number of carbonyl (C=O) groups is 1. The number of pyridine rings is 2. The number of rotatable bonds is 5. The molecule has 0 aromatic carbocycles. The molecule has 0 fully saturated rings. The van der Waals surface area contributed by atoms with Gasteiger partial charge >= 0.3 is 5.97 Å². The molecule has 5 nitrogen and oxygen atoms in total. The molecule has 0 atom stereocenters. The molecule has 6 heteroatoms. The number of ether oxygens (including phenoxy) is 1. The molecule has 0 bridgehead atoms. The normalized spacial score (nSPS) is 10.2. The van der Waals surface area contributed by atoms with Crippen molar-refractivity contribution in [3.8, 4) is 5.88 Å². The maximum atomic E-state index is 10.7. The van der Waals surface area contributed by atoms with Crippen LogP contribution in [0, 0.1) is 0 Å². The second kappa shape index (κ2) is 6.19. The topological polar surface area (TPSA) is 72.3 Å². The van der Waals surface area contributed by atoms with Crippen LogP contribution in [0.15, 0.2) is 46.6 Å². The Labute approximate surface area is 114 Å². The van der Waals surface area contributed by atoms with Gasteiger partial charge in [0.25, 0.3) is 0 Å². The lowest BCUT2D eigenvalue weighted by atomic mass is 10.3. The Balaban J connectivity index is 2.12. The number of aromatic nitrogens is 2. The van der Waals surface area contributed by atoms with Gasteiger partial charge in [0.05, 0.1) is 12.2 Å². The molecule has 0 saturated carbocycles. The molecule has 2 aromatic heterocycles. The lowest BCUT2D eigenvalue weighted by molar-refractivity contribution is 0.0696. The highest BCUT2D eigenvalue weighted by atomic mass is 32.2. The fourth-order valence-electron chi connectivity index (χ4n) is 1.36. The summed E-state index contributed by atoms with van der Waals surface area (Å²) in [6.45, 7) is 2.46. The van der Waals surface area contributed by atoms with E-state index in [2.05, 4.69) is 9.97 Å². The minimum absolute atomic E-state index is 0.167. The Morgan fingerprint density at radius 2 is 2.16 bits per heavy atom. The molecule has 0 aliphatic carbocycles. The van der Waals surface area contributed by atoms with Gasteiger partial charge in [-0.25, -0.2) is 14.8 Å². The van der Waals surface area contributed by atoms with Crippen molar-refractivity contribution < 1.29 is 14.6 Å². The lowest BCUT2D eigenvalue weighted by Gasteiger charge is -2.04. The van der Waals surface area contributed by atoms with Crippen molar-refractivity contribution in [2.75, 3.05) is 6.61 Å². The predicted molar refractivity (Wildman–Crippen MR) is 70.7 cm³/mol. The van der Waals surface area contributed by atoms with Gasteiger partial charge in [-0.3, -0.25) is 0 Å². The van der Waals surface area contributed by atoms with Crippen molar-refractivity contribution in [1.82, 2.24) is 9.97 Å². The van der Waals surface area contributed by atoms with Gasteiger partial charge in [0.1, 0.15) is 10.1 Å². The van der Waals surface area contributed by atoms with Crippen molar-refractivity contribution in [2.24, 2.45) is 0 Å². The molecule has 0 saturated heterocycles. The largest absolute Gasteiger partial charge is 0.478 e. The number of carboxylic acids is 1. The minimum atomic E-state index is -0.986. The summed E-state index contributed by atoms with van der Waals surface area (Å²) >= 11 is 1.35. The molecule has 2 rings (SSSR count). The van der Waals surface area contributed by atoms with Crippen LogP contribution < -0.4 is 4.74 Å². The number of carboxylic acid groups (broad SMARTS) is 1. The molecule has 0 spiro atoms. The third-order valence-corrected chi connectivity index (χ3v) is 3.07. The van der Waals surface area contributed by atoms with Crippen LogP contribution >= 0.6 is 11.8 Å². The van der Waals surface area contributed by atoms with Gasteiger partial charge < -0.3 is 9.84 Å². The van der Waals surface area contributed by atoms with Crippen LogP contribution in [0.2, 0.25) is 0 Å². The highest BCUT2D eigenvalue weighted by molar-refractivity contribution is 7.99. The van der Waals surface area contributed by atoms with Crippen molar-refractivity contribution in [2.45, 2.75) is 17.0 Å². The molecule has 0 radical (unpaired) electrons. The first-order valence-electron chi connectivity index (χ1n) is 5.66. The Morgan fingerprint density at radius 1 is 1.32 bits per heavy atom. The summed E-state index contributed by atoms with van der Waals surface area (Å²) in [5.74, 6) is -0.421. The molecule has 0 aliphatic heterocycles. The van der Waals surface area contributed by atoms with E-state index in [1.807, 2.05) is 19.1 Å². The zero-order valence-electron chi connectivity index (χ0n) is 10.2. The second-order valence-electron chi connectivity index (χ2n) is 3.54. The van der Waals surface area contributed by atoms with Crippen molar-refractivity contribution >= 4 is 17.7 Å². The Morgan fingerprint density at radius 3 is 2.79 bits per heavy atom. The predicted octanol–water partition coefficient (Wildman–Crippen LogP) is 2.72. The van der Waals surface area contributed by atoms with Crippen LogP contribution in [0.25, 0.3) is 0 Å². The van der Waals surface area contributed by atoms with E-state index in [0.717, 1.165) is 5.03 Å². The lowest BCUT2D eigenvalue weighted by Crippen LogP contribution is -1.97. The number of hydrogen-bond donors (Lipinski definition) is 1. The van der Waals surface area contributed by atoms with E-state index >= 15 is 0 Å². The number of hydrogen-bond acceptors (Lipinski definition) is 5. The van der Waals surface area contributed by atoms with Crippen LogP contribution in [-0.4, -0.2) is 27.7 Å². The molecule has 98 valence electrons. The van der Waals surface area contributed by atoms with Crippen molar-refractivity contribution in [1.29, 1.82) is 0 Å². The molecule has 0 unspecified atom stereocenters. The van der Waals surface area contributed by atoms with Gasteiger partial charge in [0.15, 0.2) is 0 Å². The molecule has 0 aliphatic rings. The van der Waals surface area contributed by atoms with E-state index in [-0.39, 0.29) is 5.56 Å². The van der Waals surface area contributed by atoms with Crippen LogP contribution in [0.5, 0.6) is 5.88 Å². The molecule has 19 heavy (non-hydrogen) atoms. The molecule has 1 N–H and O–H groups in total. The van der Waals surface area contributed by atoms with E-state index < -0.39 is 5.97 Å². The van der Waals surface area contributed by atoms with Gasteiger partial charge in [0.2, 0.25) is 5.88 Å². The first-order chi connectivity index (χ1) is 9.19. The summed E-state index contributed by atoms with van der Waals surface area (Å²) in [7, 11) is 0. The maximum absolute atomic E-state index is 10.7. The highest BCUT2D eigenvalue weighted by Gasteiger charge is 2.05. The maximum Gasteiger partial charge on any atom is 0.337 e. The first kappa shape index (κ1) is 13.4. The zero-order valence-corrected chi connectivity index (χ0v) is 11.1. The average Bonchev–Trinajstić information content (AvgIpc) is 2.40. The smallest absolute Gasteiger partial charge is 0.337 e. The van der Waals surface area contributed by atoms with Gasteiger partial charge in [-0.05, 0) is 36.9 Å². The number of aromatic carboxylic acids is 1. The number of nitrogens with zero attached hydrogens (tertiary/aromatic N) is 2. The summed E-state index contributed by atoms with van der Waals surface area (Å²) in [6, 6.07) is 8.66. The van der Waals surface area contributed by atoms with Gasteiger partial charge in [-0.15, -0.1) is 0 Å². The molecule has 2 aromatic rings. The third kappa shape index (κ3) is 3.69. The van der Waals surface area contributed by atoms with E-state index in [0.29, 0.717) is 17.5 Å². The Hall–Kier alpha value is -2.08. The Bertz CT molecular complexity index is 572. The fraction of sp³-hybridized carbons (Fsp3) is 0.154. The van der Waals surface area contributed by atoms with Crippen LogP contribution in [0.4, 0.5) is 0 Å². The molecule has 0 amide bonds. The standard InChI is InChI=1S/C13H12N2O3S/c1-2-18-10-4-3-5-12(15-10)19-11-7-6-9(8-14-11)13(16)17/h3-8H,2H2,1H3,(H,16,17). The summed E-state index contributed by atoms with van der Waals surface area (Å²) in [5.41, 5.74) is 0.167. The van der Waals surface area contributed by atoms with Gasteiger partial charge in [0, 0.05) is 12.3 Å². The van der Waals surface area contributed by atoms with Gasteiger partial charge in [-0.1, -0.05) is 6.07 Å². The monoisotopic (exact) mass is 276 g/mol. The van der Waals surface area contributed by atoms with E-state index in [9.17, 15) is 4.79 Å². The SMILES string of the molecule is CCOc1cccc(Sc2ccc(C(=O)O)cn2)n1. The van der Waals surface area contributed by atoms with E-state index in [4.69, 9.17) is 9.84 Å². The quantitative estimate of drug-likeness (QED) is 0.905. The van der Waals surface area contributed by atoms with Crippen molar-refractivity contribution in [3.05, 3.63) is 42.1 Å². The third-order valence-electron chi connectivity index (χ3n) is 2.18. The van der Waals surface area contributed by atoms with Gasteiger partial charge in [-0.2, -0.15) is 0 Å². The zero-order chi connectivity index (χ0) is 13.7. The summed E-state index contributed by atoms with van der Waals surface area (Å²) in [5, 5.41) is 10.2. The average molecular weight is 276 g/mol. The van der Waals surface area contributed by atoms with Crippen LogP contribution in [-0.2, 0) is 0 Å². The van der Waals surface area contributed by atoms with E-state index in [1.165, 1.54) is 24.0 Å². The highest BCUT2D eigenvalue weighted by Crippen LogP contribution is 2.25. The van der Waals surface area contributed by atoms with Crippen LogP contribution in [0.1, 0.15) is 17.3 Å². The minimum Gasteiger partial charge on any atom is -0.478 e. The first-order valence-corrected chi connectivity index (χ1v) is 6.47. The summed E-state index contributed by atoms with van der Waals surface area (Å²) < 4.78 is 5.31. The van der Waals surface area contributed by atoms with Crippen molar-refractivity contribution in [3.63, 3.8) is 0 Å². The fourth-order valence-corrected chi connectivity index (χ4v) is 2.09.